The fraction of sp³-hybridized carbons (Fsp3) is 0.150. The Kier molecular flexibility index (Phi) is 4.96. The normalized spacial score (nSPS) is 11.7. The minimum atomic E-state index is -0.427. The Bertz CT molecular complexity index is 803. The number of aryl methyl sites for hydroxylation is 1. The van der Waals surface area contributed by atoms with Gasteiger partial charge in [0.15, 0.2) is 0 Å². The van der Waals surface area contributed by atoms with Gasteiger partial charge in [0.1, 0.15) is 5.92 Å². The third kappa shape index (κ3) is 3.66. The molecule has 0 aliphatic heterocycles. The maximum atomic E-state index is 12.9. The van der Waals surface area contributed by atoms with Gasteiger partial charge in [0, 0.05) is 25.1 Å². The summed E-state index contributed by atoms with van der Waals surface area (Å²) < 4.78 is 0. The number of benzene rings is 1. The first kappa shape index (κ1) is 15.9. The van der Waals surface area contributed by atoms with Gasteiger partial charge in [0.05, 0.1) is 5.69 Å². The van der Waals surface area contributed by atoms with E-state index in [1.165, 1.54) is 0 Å². The molecule has 0 saturated heterocycles. The topological polar surface area (TPSA) is 54.9 Å². The summed E-state index contributed by atoms with van der Waals surface area (Å²) in [4.78, 5) is 21.4. The number of carbonyl (C=O) groups excluding carboxylic acids is 1. The predicted octanol–water partition coefficient (Wildman–Crippen LogP) is 3.23. The number of hydrogen-bond donors (Lipinski definition) is 1. The molecule has 120 valence electrons. The third-order valence-electron chi connectivity index (χ3n) is 3.93. The fourth-order valence-corrected chi connectivity index (χ4v) is 2.69. The van der Waals surface area contributed by atoms with Crippen molar-refractivity contribution < 1.29 is 4.79 Å². The van der Waals surface area contributed by atoms with Crippen molar-refractivity contribution in [3.05, 3.63) is 95.6 Å². The van der Waals surface area contributed by atoms with E-state index in [1.54, 1.807) is 18.6 Å². The monoisotopic (exact) mass is 317 g/mol. The van der Waals surface area contributed by atoms with Gasteiger partial charge >= 0.3 is 0 Å². The molecule has 4 nitrogen and oxygen atoms in total. The molecule has 0 saturated carbocycles. The first-order valence-corrected chi connectivity index (χ1v) is 7.89. The Hall–Kier alpha value is -3.01. The molecule has 2 heterocycles. The maximum Gasteiger partial charge on any atom is 0.233 e. The van der Waals surface area contributed by atoms with Gasteiger partial charge in [-0.05, 0) is 41.8 Å². The summed E-state index contributed by atoms with van der Waals surface area (Å²) in [6.45, 7) is 2.46. The summed E-state index contributed by atoms with van der Waals surface area (Å²) >= 11 is 0. The van der Waals surface area contributed by atoms with Crippen LogP contribution in [0.5, 0.6) is 0 Å². The average Bonchev–Trinajstić information content (AvgIpc) is 2.64. The number of amides is 1. The molecule has 3 aromatic rings. The van der Waals surface area contributed by atoms with Gasteiger partial charge in [-0.15, -0.1) is 0 Å². The van der Waals surface area contributed by atoms with Crippen molar-refractivity contribution in [2.75, 3.05) is 0 Å². The highest BCUT2D eigenvalue weighted by Crippen LogP contribution is 2.26. The van der Waals surface area contributed by atoms with Crippen molar-refractivity contribution in [1.82, 2.24) is 15.3 Å². The second-order valence-corrected chi connectivity index (χ2v) is 5.62. The number of carbonyl (C=O) groups is 1. The van der Waals surface area contributed by atoms with Crippen molar-refractivity contribution in [2.24, 2.45) is 0 Å². The molecule has 0 aliphatic rings. The van der Waals surface area contributed by atoms with Crippen LogP contribution in [-0.4, -0.2) is 15.9 Å². The minimum Gasteiger partial charge on any atom is -0.351 e. The minimum absolute atomic E-state index is 0.0631. The lowest BCUT2D eigenvalue weighted by Gasteiger charge is -2.18. The smallest absolute Gasteiger partial charge is 0.233 e. The van der Waals surface area contributed by atoms with Crippen LogP contribution in [0.1, 0.15) is 28.3 Å². The Morgan fingerprint density at radius 1 is 1.04 bits per heavy atom. The molecule has 0 fully saturated rings. The molecule has 0 radical (unpaired) electrons. The van der Waals surface area contributed by atoms with Gasteiger partial charge in [0.25, 0.3) is 0 Å². The molecule has 4 heteroatoms. The van der Waals surface area contributed by atoms with E-state index < -0.39 is 5.92 Å². The molecular formula is C20H19N3O. The van der Waals surface area contributed by atoms with Crippen molar-refractivity contribution >= 4 is 5.91 Å². The summed E-state index contributed by atoms with van der Waals surface area (Å²) in [6, 6.07) is 17.4. The first-order chi connectivity index (χ1) is 11.8. The molecule has 1 atom stereocenters. The molecule has 0 spiro atoms. The second-order valence-electron chi connectivity index (χ2n) is 5.62. The summed E-state index contributed by atoms with van der Waals surface area (Å²) in [5, 5.41) is 3.00. The van der Waals surface area contributed by atoms with Crippen LogP contribution in [0.4, 0.5) is 0 Å². The van der Waals surface area contributed by atoms with Crippen molar-refractivity contribution in [3.63, 3.8) is 0 Å². The van der Waals surface area contributed by atoms with E-state index in [4.69, 9.17) is 0 Å². The quantitative estimate of drug-likeness (QED) is 0.786. The zero-order chi connectivity index (χ0) is 16.8. The van der Waals surface area contributed by atoms with E-state index in [0.29, 0.717) is 6.54 Å². The molecule has 1 unspecified atom stereocenters. The highest BCUT2D eigenvalue weighted by Gasteiger charge is 2.25. The van der Waals surface area contributed by atoms with E-state index in [-0.39, 0.29) is 5.91 Å². The van der Waals surface area contributed by atoms with Gasteiger partial charge in [-0.2, -0.15) is 0 Å². The van der Waals surface area contributed by atoms with Crippen LogP contribution >= 0.6 is 0 Å². The third-order valence-corrected chi connectivity index (χ3v) is 3.93. The lowest BCUT2D eigenvalue weighted by atomic mass is 9.90. The van der Waals surface area contributed by atoms with Crippen LogP contribution in [0.15, 0.2) is 73.2 Å². The van der Waals surface area contributed by atoms with Crippen LogP contribution < -0.4 is 5.32 Å². The molecule has 24 heavy (non-hydrogen) atoms. The van der Waals surface area contributed by atoms with Crippen molar-refractivity contribution in [2.45, 2.75) is 19.4 Å². The highest BCUT2D eigenvalue weighted by molar-refractivity contribution is 5.87. The van der Waals surface area contributed by atoms with Crippen LogP contribution in [0.3, 0.4) is 0 Å². The number of nitrogens with zero attached hydrogens (tertiary/aromatic N) is 2. The van der Waals surface area contributed by atoms with Gasteiger partial charge in [0.2, 0.25) is 5.91 Å². The number of rotatable bonds is 5. The Balaban J connectivity index is 1.87. The molecule has 2 aromatic heterocycles. The van der Waals surface area contributed by atoms with Crippen molar-refractivity contribution in [3.8, 4) is 0 Å². The van der Waals surface area contributed by atoms with E-state index in [1.807, 2.05) is 61.5 Å². The van der Waals surface area contributed by atoms with E-state index >= 15 is 0 Å². The molecule has 1 aromatic carbocycles. The SMILES string of the molecule is Cc1ccccc1C(C(=O)NCc1cccnc1)c1ccccn1. The summed E-state index contributed by atoms with van der Waals surface area (Å²) in [5.41, 5.74) is 3.76. The number of pyridine rings is 2. The van der Waals surface area contributed by atoms with Crippen LogP contribution in [-0.2, 0) is 11.3 Å². The molecule has 1 N–H and O–H groups in total. The van der Waals surface area contributed by atoms with Crippen LogP contribution in [0.2, 0.25) is 0 Å². The summed E-state index contributed by atoms with van der Waals surface area (Å²) in [5.74, 6) is -0.490. The van der Waals surface area contributed by atoms with Gasteiger partial charge in [-0.25, -0.2) is 0 Å². The lowest BCUT2D eigenvalue weighted by molar-refractivity contribution is -0.121. The molecule has 1 amide bonds. The van der Waals surface area contributed by atoms with Gasteiger partial charge in [-0.1, -0.05) is 36.4 Å². The van der Waals surface area contributed by atoms with Crippen molar-refractivity contribution in [1.29, 1.82) is 0 Å². The van der Waals surface area contributed by atoms with E-state index in [0.717, 1.165) is 22.4 Å². The molecular weight excluding hydrogens is 298 g/mol. The Morgan fingerprint density at radius 2 is 1.88 bits per heavy atom. The number of hydrogen-bond acceptors (Lipinski definition) is 3. The Morgan fingerprint density at radius 3 is 2.58 bits per heavy atom. The van der Waals surface area contributed by atoms with E-state index in [9.17, 15) is 4.79 Å². The number of aromatic nitrogens is 2. The first-order valence-electron chi connectivity index (χ1n) is 7.89. The van der Waals surface area contributed by atoms with Gasteiger partial charge in [-0.3, -0.25) is 14.8 Å². The summed E-state index contributed by atoms with van der Waals surface area (Å²) in [6.07, 6.45) is 5.19. The molecule has 3 rings (SSSR count). The molecule has 0 bridgehead atoms. The zero-order valence-corrected chi connectivity index (χ0v) is 13.5. The zero-order valence-electron chi connectivity index (χ0n) is 13.5. The average molecular weight is 317 g/mol. The number of nitrogens with one attached hydrogen (secondary N) is 1. The Labute approximate surface area is 141 Å². The van der Waals surface area contributed by atoms with Crippen LogP contribution in [0.25, 0.3) is 0 Å². The maximum absolute atomic E-state index is 12.9. The highest BCUT2D eigenvalue weighted by atomic mass is 16.1. The second kappa shape index (κ2) is 7.51. The summed E-state index contributed by atoms with van der Waals surface area (Å²) in [7, 11) is 0. The van der Waals surface area contributed by atoms with E-state index in [2.05, 4.69) is 15.3 Å². The fourth-order valence-electron chi connectivity index (χ4n) is 2.69. The van der Waals surface area contributed by atoms with Gasteiger partial charge < -0.3 is 5.32 Å². The standard InChI is InChI=1S/C20H19N3O/c1-15-7-2-3-9-17(15)19(18-10-4-5-12-22-18)20(24)23-14-16-8-6-11-21-13-16/h2-13,19H,14H2,1H3,(H,23,24). The molecule has 0 aliphatic carbocycles. The predicted molar refractivity (Wildman–Crippen MR) is 93.3 cm³/mol. The largest absolute Gasteiger partial charge is 0.351 e. The van der Waals surface area contributed by atoms with Crippen LogP contribution in [0, 0.1) is 6.92 Å². The lowest BCUT2D eigenvalue weighted by Crippen LogP contribution is -2.30.